The minimum absolute atomic E-state index is 0.00877. The molecule has 4 saturated carbocycles. The molecule has 22 heavy (non-hydrogen) atoms. The molecule has 5 aliphatic rings. The zero-order chi connectivity index (χ0) is 15.2. The number of carbonyl (C=O) groups is 2. The van der Waals surface area contributed by atoms with Crippen molar-refractivity contribution in [1.82, 2.24) is 0 Å². The Morgan fingerprint density at radius 2 is 2.00 bits per heavy atom. The normalized spacial score (nSPS) is 57.5. The van der Waals surface area contributed by atoms with E-state index in [-0.39, 0.29) is 29.7 Å². The molecule has 1 saturated heterocycles. The van der Waals surface area contributed by atoms with E-state index in [1.54, 1.807) is 0 Å². The van der Waals surface area contributed by atoms with Gasteiger partial charge in [-0.3, -0.25) is 9.59 Å². The van der Waals surface area contributed by atoms with Crippen molar-refractivity contribution >= 4 is 11.9 Å². The molecule has 0 aromatic heterocycles. The standard InChI is InChI=1S/C18H24O4/c1-8-9(2)12-5-11(8)6-13(12)16(19)21-18-7-10-3-14(15(18)4-10)17(20)22-18/h8-15H,3-7H2,1-2H3. The maximum atomic E-state index is 12.8. The van der Waals surface area contributed by atoms with Gasteiger partial charge in [0.25, 0.3) is 5.79 Å². The quantitative estimate of drug-likeness (QED) is 0.736. The predicted molar refractivity (Wildman–Crippen MR) is 77.3 cm³/mol. The Bertz CT molecular complexity index is 555. The van der Waals surface area contributed by atoms with E-state index in [4.69, 9.17) is 9.47 Å². The third kappa shape index (κ3) is 1.49. The average molecular weight is 304 g/mol. The smallest absolute Gasteiger partial charge is 0.312 e. The first kappa shape index (κ1) is 13.4. The molecule has 9 atom stereocenters. The SMILES string of the molecule is CC1C2CC(C(=O)OC34CC5CC(C(=O)O3)C4C5)C(C2)C1C. The zero-order valence-electron chi connectivity index (χ0n) is 13.3. The van der Waals surface area contributed by atoms with E-state index in [1.807, 2.05) is 0 Å². The fourth-order valence-corrected chi connectivity index (χ4v) is 6.57. The van der Waals surface area contributed by atoms with Crippen molar-refractivity contribution in [3.8, 4) is 0 Å². The molecule has 120 valence electrons. The van der Waals surface area contributed by atoms with Crippen LogP contribution >= 0.6 is 0 Å². The average Bonchev–Trinajstić information content (AvgIpc) is 3.20. The Kier molecular flexibility index (Phi) is 2.47. The third-order valence-corrected chi connectivity index (χ3v) is 7.85. The molecule has 1 heterocycles. The summed E-state index contributed by atoms with van der Waals surface area (Å²) in [5, 5.41) is 0. The highest BCUT2D eigenvalue weighted by atomic mass is 16.7. The Labute approximate surface area is 130 Å². The van der Waals surface area contributed by atoms with Gasteiger partial charge < -0.3 is 9.47 Å². The van der Waals surface area contributed by atoms with Gasteiger partial charge in [-0.2, -0.15) is 0 Å². The van der Waals surface area contributed by atoms with Crippen LogP contribution in [-0.2, 0) is 19.1 Å². The molecule has 4 nitrogen and oxygen atoms in total. The van der Waals surface area contributed by atoms with Crippen LogP contribution < -0.4 is 0 Å². The van der Waals surface area contributed by atoms with Crippen LogP contribution in [0.1, 0.15) is 46.0 Å². The monoisotopic (exact) mass is 304 g/mol. The predicted octanol–water partition coefficient (Wildman–Crippen LogP) is 2.76. The molecule has 0 spiro atoms. The molecule has 1 aliphatic heterocycles. The molecule has 0 aromatic carbocycles. The van der Waals surface area contributed by atoms with E-state index < -0.39 is 5.79 Å². The number of esters is 2. The van der Waals surface area contributed by atoms with Gasteiger partial charge in [0.15, 0.2) is 0 Å². The third-order valence-electron chi connectivity index (χ3n) is 7.85. The zero-order valence-corrected chi connectivity index (χ0v) is 13.3. The van der Waals surface area contributed by atoms with Gasteiger partial charge in [0.1, 0.15) is 0 Å². The van der Waals surface area contributed by atoms with E-state index in [2.05, 4.69) is 13.8 Å². The van der Waals surface area contributed by atoms with Crippen molar-refractivity contribution in [2.24, 2.45) is 47.3 Å². The fraction of sp³-hybridized carbons (Fsp3) is 0.889. The second kappa shape index (κ2) is 4.07. The highest BCUT2D eigenvalue weighted by Crippen LogP contribution is 2.62. The lowest BCUT2D eigenvalue weighted by molar-refractivity contribution is -0.227. The molecule has 0 amide bonds. The molecular weight excluding hydrogens is 280 g/mol. The van der Waals surface area contributed by atoms with Crippen molar-refractivity contribution in [1.29, 1.82) is 0 Å². The largest absolute Gasteiger partial charge is 0.422 e. The van der Waals surface area contributed by atoms with Gasteiger partial charge in [0.2, 0.25) is 0 Å². The Morgan fingerprint density at radius 3 is 2.68 bits per heavy atom. The summed E-state index contributed by atoms with van der Waals surface area (Å²) in [4.78, 5) is 24.8. The number of carbonyl (C=O) groups excluding carboxylic acids is 2. The van der Waals surface area contributed by atoms with Crippen LogP contribution in [0.4, 0.5) is 0 Å². The number of hydrogen-bond acceptors (Lipinski definition) is 4. The number of fused-ring (bicyclic) bond motifs is 3. The molecule has 0 aromatic rings. The minimum atomic E-state index is -0.890. The van der Waals surface area contributed by atoms with Crippen LogP contribution in [0.2, 0.25) is 0 Å². The molecule has 0 N–H and O–H groups in total. The molecule has 4 heteroatoms. The van der Waals surface area contributed by atoms with Crippen LogP contribution in [0.15, 0.2) is 0 Å². The highest BCUT2D eigenvalue weighted by molar-refractivity contribution is 5.79. The first-order valence-corrected chi connectivity index (χ1v) is 8.94. The van der Waals surface area contributed by atoms with E-state index in [9.17, 15) is 9.59 Å². The van der Waals surface area contributed by atoms with Gasteiger partial charge in [-0.05, 0) is 55.3 Å². The van der Waals surface area contributed by atoms with Crippen molar-refractivity contribution in [3.05, 3.63) is 0 Å². The van der Waals surface area contributed by atoms with Gasteiger partial charge in [0, 0.05) is 6.42 Å². The maximum Gasteiger partial charge on any atom is 0.312 e. The summed E-state index contributed by atoms with van der Waals surface area (Å²) in [6.07, 6.45) is 4.80. The Balaban J connectivity index is 1.35. The molecular formula is C18H24O4. The van der Waals surface area contributed by atoms with Crippen LogP contribution in [0.5, 0.6) is 0 Å². The second-order valence-corrected chi connectivity index (χ2v) is 8.63. The lowest BCUT2D eigenvalue weighted by atomic mass is 9.75. The summed E-state index contributed by atoms with van der Waals surface area (Å²) in [6, 6.07) is 0. The lowest BCUT2D eigenvalue weighted by Crippen LogP contribution is -2.42. The minimum Gasteiger partial charge on any atom is -0.422 e. The van der Waals surface area contributed by atoms with E-state index in [0.717, 1.165) is 31.6 Å². The molecule has 0 radical (unpaired) electrons. The topological polar surface area (TPSA) is 52.6 Å². The summed E-state index contributed by atoms with van der Waals surface area (Å²) in [6.45, 7) is 4.59. The number of hydrogen-bond donors (Lipinski definition) is 0. The molecule has 9 unspecified atom stereocenters. The highest BCUT2D eigenvalue weighted by Gasteiger charge is 2.68. The van der Waals surface area contributed by atoms with Gasteiger partial charge in [-0.15, -0.1) is 0 Å². The maximum absolute atomic E-state index is 12.8. The van der Waals surface area contributed by atoms with Crippen LogP contribution in [0, 0.1) is 47.3 Å². The van der Waals surface area contributed by atoms with Gasteiger partial charge in [-0.25, -0.2) is 0 Å². The van der Waals surface area contributed by atoms with E-state index >= 15 is 0 Å². The van der Waals surface area contributed by atoms with Crippen molar-refractivity contribution in [3.63, 3.8) is 0 Å². The number of ether oxygens (including phenoxy) is 2. The summed E-state index contributed by atoms with van der Waals surface area (Å²) in [7, 11) is 0. The van der Waals surface area contributed by atoms with E-state index in [1.165, 1.54) is 6.42 Å². The summed E-state index contributed by atoms with van der Waals surface area (Å²) in [5.41, 5.74) is 0. The van der Waals surface area contributed by atoms with Gasteiger partial charge in [0.05, 0.1) is 17.8 Å². The Hall–Kier alpha value is -1.06. The summed E-state index contributed by atoms with van der Waals surface area (Å²) < 4.78 is 11.5. The molecule has 4 bridgehead atoms. The van der Waals surface area contributed by atoms with Gasteiger partial charge >= 0.3 is 11.9 Å². The van der Waals surface area contributed by atoms with E-state index in [0.29, 0.717) is 23.7 Å². The first-order valence-electron chi connectivity index (χ1n) is 8.94. The summed E-state index contributed by atoms with van der Waals surface area (Å²) in [5.74, 6) is 2.02. The second-order valence-electron chi connectivity index (χ2n) is 8.63. The van der Waals surface area contributed by atoms with Crippen LogP contribution in [0.3, 0.4) is 0 Å². The molecule has 5 rings (SSSR count). The van der Waals surface area contributed by atoms with Crippen LogP contribution in [0.25, 0.3) is 0 Å². The first-order chi connectivity index (χ1) is 10.5. The molecule has 4 aliphatic carbocycles. The van der Waals surface area contributed by atoms with Gasteiger partial charge in [-0.1, -0.05) is 13.8 Å². The van der Waals surface area contributed by atoms with Crippen molar-refractivity contribution in [2.75, 3.05) is 0 Å². The Morgan fingerprint density at radius 1 is 1.18 bits per heavy atom. The van der Waals surface area contributed by atoms with Crippen molar-refractivity contribution < 1.29 is 19.1 Å². The van der Waals surface area contributed by atoms with Crippen molar-refractivity contribution in [2.45, 2.75) is 51.7 Å². The lowest BCUT2D eigenvalue weighted by Gasteiger charge is -2.35. The fourth-order valence-electron chi connectivity index (χ4n) is 6.57. The number of rotatable bonds is 2. The summed E-state index contributed by atoms with van der Waals surface area (Å²) >= 11 is 0. The molecule has 5 fully saturated rings. The van der Waals surface area contributed by atoms with Crippen LogP contribution in [-0.4, -0.2) is 17.7 Å².